The van der Waals surface area contributed by atoms with Crippen LogP contribution in [0.3, 0.4) is 0 Å². The van der Waals surface area contributed by atoms with E-state index in [2.05, 4.69) is 67.7 Å². The average molecular weight is 427 g/mol. The van der Waals surface area contributed by atoms with Crippen molar-refractivity contribution < 1.29 is 21.5 Å². The normalized spacial score (nSPS) is 16.0. The maximum atomic E-state index is 11.6. The van der Waals surface area contributed by atoms with Crippen LogP contribution in [0.5, 0.6) is 0 Å². The average Bonchev–Trinajstić information content (AvgIpc) is 2.36. The Bertz CT molecular complexity index is 531. The fourth-order valence-corrected chi connectivity index (χ4v) is 4.55. The van der Waals surface area contributed by atoms with E-state index < -0.39 is 32.9 Å². The molecule has 1 unspecified atom stereocenters. The van der Waals surface area contributed by atoms with Crippen LogP contribution in [0.25, 0.3) is 0 Å². The molecular formula is C18H42O5SSi2. The van der Waals surface area contributed by atoms with E-state index in [9.17, 15) is 8.42 Å². The van der Waals surface area contributed by atoms with E-state index in [0.29, 0.717) is 19.6 Å². The van der Waals surface area contributed by atoms with Gasteiger partial charge in [0.25, 0.3) is 10.1 Å². The standard InChI is InChI=1S/C18H42O5SSi2/c1-17(2,3)25(8,9)21-14-12-13-16(23-24(7,19)20)15-22-26(10,11)18(4,5)6/h16H,12-15H2,1-11H3. The molecule has 0 aromatic rings. The monoisotopic (exact) mass is 426 g/mol. The molecule has 0 N–H and O–H groups in total. The number of hydrogen-bond donors (Lipinski definition) is 0. The predicted molar refractivity (Wildman–Crippen MR) is 115 cm³/mol. The second-order valence-electron chi connectivity index (χ2n) is 10.2. The molecule has 0 radical (unpaired) electrons. The maximum absolute atomic E-state index is 11.6. The zero-order chi connectivity index (χ0) is 21.0. The molecule has 8 heteroatoms. The summed E-state index contributed by atoms with van der Waals surface area (Å²) in [5.74, 6) is 0. The molecule has 0 aromatic carbocycles. The van der Waals surface area contributed by atoms with Crippen LogP contribution in [0.2, 0.25) is 36.3 Å². The lowest BCUT2D eigenvalue weighted by Crippen LogP contribution is -2.43. The van der Waals surface area contributed by atoms with E-state index in [1.165, 1.54) is 0 Å². The third-order valence-corrected chi connectivity index (χ3v) is 15.3. The van der Waals surface area contributed by atoms with E-state index in [1.807, 2.05) is 0 Å². The molecular weight excluding hydrogens is 384 g/mol. The summed E-state index contributed by atoms with van der Waals surface area (Å²) in [6.45, 7) is 22.8. The fraction of sp³-hybridized carbons (Fsp3) is 1.00. The first-order valence-electron chi connectivity index (χ1n) is 9.45. The molecule has 5 nitrogen and oxygen atoms in total. The highest BCUT2D eigenvalue weighted by atomic mass is 32.2. The Morgan fingerprint density at radius 1 is 0.846 bits per heavy atom. The van der Waals surface area contributed by atoms with Crippen molar-refractivity contribution in [2.24, 2.45) is 0 Å². The first kappa shape index (κ1) is 26.3. The van der Waals surface area contributed by atoms with E-state index in [4.69, 9.17) is 13.0 Å². The van der Waals surface area contributed by atoms with E-state index in [-0.39, 0.29) is 10.1 Å². The summed E-state index contributed by atoms with van der Waals surface area (Å²) in [4.78, 5) is 0. The van der Waals surface area contributed by atoms with Gasteiger partial charge in [0.05, 0.1) is 19.0 Å². The van der Waals surface area contributed by atoms with E-state index in [1.54, 1.807) is 0 Å². The molecule has 0 fully saturated rings. The van der Waals surface area contributed by atoms with Crippen LogP contribution in [-0.4, -0.2) is 50.6 Å². The highest BCUT2D eigenvalue weighted by Crippen LogP contribution is 2.37. The van der Waals surface area contributed by atoms with Gasteiger partial charge in [0, 0.05) is 6.61 Å². The van der Waals surface area contributed by atoms with Crippen LogP contribution < -0.4 is 0 Å². The van der Waals surface area contributed by atoms with Gasteiger partial charge in [-0.05, 0) is 49.1 Å². The Hall–Kier alpha value is 0.264. The first-order chi connectivity index (χ1) is 11.3. The zero-order valence-electron chi connectivity index (χ0n) is 18.9. The minimum absolute atomic E-state index is 0.0775. The molecule has 0 aliphatic rings. The Kier molecular flexibility index (Phi) is 9.27. The quantitative estimate of drug-likeness (QED) is 0.274. The van der Waals surface area contributed by atoms with Crippen molar-refractivity contribution in [2.75, 3.05) is 19.5 Å². The highest BCUT2D eigenvalue weighted by Gasteiger charge is 2.38. The van der Waals surface area contributed by atoms with E-state index >= 15 is 0 Å². The topological polar surface area (TPSA) is 61.8 Å². The third-order valence-electron chi connectivity index (χ3n) is 5.69. The molecule has 0 spiro atoms. The maximum Gasteiger partial charge on any atom is 0.264 e. The molecule has 0 aromatic heterocycles. The van der Waals surface area contributed by atoms with Crippen molar-refractivity contribution >= 4 is 26.8 Å². The van der Waals surface area contributed by atoms with Crippen molar-refractivity contribution in [3.63, 3.8) is 0 Å². The minimum atomic E-state index is -3.51. The van der Waals surface area contributed by atoms with Gasteiger partial charge in [0.2, 0.25) is 0 Å². The third kappa shape index (κ3) is 9.46. The van der Waals surface area contributed by atoms with E-state index in [0.717, 1.165) is 12.7 Å². The van der Waals surface area contributed by atoms with Gasteiger partial charge in [-0.15, -0.1) is 0 Å². The second kappa shape index (κ2) is 9.17. The summed E-state index contributed by atoms with van der Waals surface area (Å²) < 4.78 is 40.8. The van der Waals surface area contributed by atoms with Crippen LogP contribution in [0.15, 0.2) is 0 Å². The number of hydrogen-bond acceptors (Lipinski definition) is 5. The summed E-state index contributed by atoms with van der Waals surface area (Å²) in [5, 5.41) is 0.245. The summed E-state index contributed by atoms with van der Waals surface area (Å²) in [5.41, 5.74) is 0. The zero-order valence-corrected chi connectivity index (χ0v) is 21.7. The highest BCUT2D eigenvalue weighted by molar-refractivity contribution is 7.86. The van der Waals surface area contributed by atoms with Crippen molar-refractivity contribution in [3.05, 3.63) is 0 Å². The van der Waals surface area contributed by atoms with Crippen molar-refractivity contribution in [1.29, 1.82) is 0 Å². The number of rotatable bonds is 10. The van der Waals surface area contributed by atoms with Crippen molar-refractivity contribution in [3.8, 4) is 0 Å². The van der Waals surface area contributed by atoms with Gasteiger partial charge in [0.15, 0.2) is 16.6 Å². The molecule has 26 heavy (non-hydrogen) atoms. The lowest BCUT2D eigenvalue weighted by molar-refractivity contribution is 0.112. The molecule has 0 rings (SSSR count). The molecule has 0 saturated carbocycles. The molecule has 0 aliphatic carbocycles. The van der Waals surface area contributed by atoms with Gasteiger partial charge < -0.3 is 8.85 Å². The SMILES string of the molecule is CC(C)(C)[Si](C)(C)OCCCC(CO[Si](C)(C)C(C)(C)C)OS(C)(=O)=O. The summed E-state index contributed by atoms with van der Waals surface area (Å²) in [7, 11) is -7.24. The van der Waals surface area contributed by atoms with Gasteiger partial charge in [0.1, 0.15) is 0 Å². The summed E-state index contributed by atoms with van der Waals surface area (Å²) >= 11 is 0. The van der Waals surface area contributed by atoms with Gasteiger partial charge >= 0.3 is 0 Å². The molecule has 0 bridgehead atoms. The molecule has 158 valence electrons. The van der Waals surface area contributed by atoms with Gasteiger partial charge in [-0.25, -0.2) is 0 Å². The van der Waals surface area contributed by atoms with Crippen LogP contribution in [-0.2, 0) is 23.2 Å². The Morgan fingerprint density at radius 3 is 1.65 bits per heavy atom. The van der Waals surface area contributed by atoms with Gasteiger partial charge in [-0.3, -0.25) is 4.18 Å². The lowest BCUT2D eigenvalue weighted by atomic mass is 10.2. The largest absolute Gasteiger partial charge is 0.417 e. The Labute approximate surface area is 164 Å². The predicted octanol–water partition coefficient (Wildman–Crippen LogP) is 5.16. The molecule has 0 amide bonds. The molecule has 0 heterocycles. The fourth-order valence-electron chi connectivity index (χ4n) is 1.78. The smallest absolute Gasteiger partial charge is 0.264 e. The lowest BCUT2D eigenvalue weighted by Gasteiger charge is -2.37. The first-order valence-corrected chi connectivity index (χ1v) is 17.1. The Balaban J connectivity index is 4.73. The van der Waals surface area contributed by atoms with Crippen LogP contribution in [0, 0.1) is 0 Å². The molecule has 1 atom stereocenters. The van der Waals surface area contributed by atoms with Gasteiger partial charge in [-0.1, -0.05) is 41.5 Å². The van der Waals surface area contributed by atoms with Crippen molar-refractivity contribution in [2.45, 2.75) is 96.8 Å². The second-order valence-corrected chi connectivity index (χ2v) is 21.5. The summed E-state index contributed by atoms with van der Waals surface area (Å²) in [6, 6.07) is 0. The summed E-state index contributed by atoms with van der Waals surface area (Å²) in [6.07, 6.45) is 2.00. The Morgan fingerprint density at radius 2 is 1.27 bits per heavy atom. The molecule has 0 aliphatic heterocycles. The van der Waals surface area contributed by atoms with Crippen LogP contribution in [0.4, 0.5) is 0 Å². The minimum Gasteiger partial charge on any atom is -0.417 e. The van der Waals surface area contributed by atoms with Crippen LogP contribution in [0.1, 0.15) is 54.4 Å². The molecule has 0 saturated heterocycles. The van der Waals surface area contributed by atoms with Gasteiger partial charge in [-0.2, -0.15) is 8.42 Å². The van der Waals surface area contributed by atoms with Crippen LogP contribution >= 0.6 is 0 Å². The van der Waals surface area contributed by atoms with Crippen molar-refractivity contribution in [1.82, 2.24) is 0 Å².